The highest BCUT2D eigenvalue weighted by Crippen LogP contribution is 2.39. The van der Waals surface area contributed by atoms with E-state index in [1.165, 1.54) is 12.1 Å². The Balaban J connectivity index is 1.64. The molecule has 11 heteroatoms. The molecule has 1 amide bonds. The zero-order valence-electron chi connectivity index (χ0n) is 14.6. The quantitative estimate of drug-likeness (QED) is 0.609. The lowest BCUT2D eigenvalue weighted by atomic mass is 10.1. The molecule has 1 aromatic heterocycles. The molecule has 1 aliphatic heterocycles. The van der Waals surface area contributed by atoms with E-state index in [9.17, 15) is 27.2 Å². The summed E-state index contributed by atoms with van der Waals surface area (Å²) in [6, 6.07) is 3.76. The van der Waals surface area contributed by atoms with Crippen LogP contribution in [0.3, 0.4) is 0 Å². The van der Waals surface area contributed by atoms with E-state index in [2.05, 4.69) is 15.7 Å². The second-order valence-corrected chi connectivity index (χ2v) is 6.33. The van der Waals surface area contributed by atoms with E-state index >= 15 is 0 Å². The van der Waals surface area contributed by atoms with Gasteiger partial charge in [0.1, 0.15) is 11.6 Å². The average molecular weight is 400 g/mol. The van der Waals surface area contributed by atoms with Gasteiger partial charge in [0, 0.05) is 17.8 Å². The van der Waals surface area contributed by atoms with Gasteiger partial charge in [-0.25, -0.2) is 13.9 Å². The standard InChI is InChI=1S/C17H16F4N4O3/c1-9-6-13(17(19,20)21)25-14(22-9)7-12(24-25)16(27)28-8-15(26)23-11-4-2-10(18)3-5-11/h2-5,7,9,13,22H,6,8H2,1H3,(H,23,26)/t9-,13-/m0/s1. The number of carbonyl (C=O) groups excluding carboxylic acids is 2. The fraction of sp³-hybridized carbons (Fsp3) is 0.353. The van der Waals surface area contributed by atoms with Crippen LogP contribution >= 0.6 is 0 Å². The number of fused-ring (bicyclic) bond motifs is 1. The number of rotatable bonds is 4. The number of esters is 1. The highest BCUT2D eigenvalue weighted by molar-refractivity contribution is 5.95. The summed E-state index contributed by atoms with van der Waals surface area (Å²) < 4.78 is 58.0. The Hall–Kier alpha value is -3.11. The van der Waals surface area contributed by atoms with Crippen molar-refractivity contribution in [1.82, 2.24) is 9.78 Å². The van der Waals surface area contributed by atoms with Gasteiger partial charge in [-0.15, -0.1) is 0 Å². The third-order valence-corrected chi connectivity index (χ3v) is 4.05. The van der Waals surface area contributed by atoms with Crippen LogP contribution in [0.15, 0.2) is 30.3 Å². The summed E-state index contributed by atoms with van der Waals surface area (Å²) in [5.74, 6) is -2.16. The lowest BCUT2D eigenvalue weighted by Gasteiger charge is -2.31. The average Bonchev–Trinajstić information content (AvgIpc) is 3.04. The molecule has 150 valence electrons. The van der Waals surface area contributed by atoms with Gasteiger partial charge in [0.05, 0.1) is 0 Å². The Morgan fingerprint density at radius 3 is 2.64 bits per heavy atom. The molecule has 0 bridgehead atoms. The molecule has 2 heterocycles. The minimum absolute atomic E-state index is 0.0452. The van der Waals surface area contributed by atoms with Crippen molar-refractivity contribution in [2.45, 2.75) is 31.6 Å². The van der Waals surface area contributed by atoms with Gasteiger partial charge in [-0.2, -0.15) is 18.3 Å². The Kier molecular flexibility index (Phi) is 5.25. The molecule has 0 saturated carbocycles. The number of nitrogens with one attached hydrogen (secondary N) is 2. The Morgan fingerprint density at radius 2 is 2.00 bits per heavy atom. The molecule has 3 rings (SSSR count). The smallest absolute Gasteiger partial charge is 0.410 e. The van der Waals surface area contributed by atoms with Gasteiger partial charge in [0.15, 0.2) is 18.3 Å². The van der Waals surface area contributed by atoms with Crippen LogP contribution in [0.25, 0.3) is 0 Å². The van der Waals surface area contributed by atoms with Crippen molar-refractivity contribution >= 4 is 23.4 Å². The minimum Gasteiger partial charge on any atom is -0.451 e. The van der Waals surface area contributed by atoms with Crippen molar-refractivity contribution in [3.8, 4) is 0 Å². The second kappa shape index (κ2) is 7.49. The van der Waals surface area contributed by atoms with E-state index in [0.717, 1.165) is 18.2 Å². The summed E-state index contributed by atoms with van der Waals surface area (Å²) in [6.45, 7) is 0.915. The lowest BCUT2D eigenvalue weighted by molar-refractivity contribution is -0.173. The van der Waals surface area contributed by atoms with E-state index in [-0.39, 0.29) is 17.9 Å². The Labute approximate surface area is 156 Å². The Bertz CT molecular complexity index is 880. The zero-order chi connectivity index (χ0) is 20.5. The molecule has 0 spiro atoms. The molecule has 0 saturated heterocycles. The Morgan fingerprint density at radius 1 is 1.32 bits per heavy atom. The summed E-state index contributed by atoms with van der Waals surface area (Å²) in [5.41, 5.74) is -0.0495. The van der Waals surface area contributed by atoms with Crippen LogP contribution in [0.2, 0.25) is 0 Å². The number of aromatic nitrogens is 2. The predicted octanol–water partition coefficient (Wildman–Crippen LogP) is 3.13. The summed E-state index contributed by atoms with van der Waals surface area (Å²) in [6.07, 6.45) is -4.75. The van der Waals surface area contributed by atoms with Gasteiger partial charge in [-0.3, -0.25) is 4.79 Å². The molecule has 28 heavy (non-hydrogen) atoms. The second-order valence-electron chi connectivity index (χ2n) is 6.33. The van der Waals surface area contributed by atoms with Crippen molar-refractivity contribution < 1.29 is 31.9 Å². The molecular weight excluding hydrogens is 384 g/mol. The van der Waals surface area contributed by atoms with Crippen LogP contribution in [0.1, 0.15) is 29.9 Å². The maximum Gasteiger partial charge on any atom is 0.410 e. The first-order chi connectivity index (χ1) is 13.1. The van der Waals surface area contributed by atoms with Gasteiger partial charge in [-0.1, -0.05) is 0 Å². The molecule has 0 fully saturated rings. The maximum absolute atomic E-state index is 13.2. The highest BCUT2D eigenvalue weighted by Gasteiger charge is 2.45. The largest absolute Gasteiger partial charge is 0.451 e. The minimum atomic E-state index is -4.52. The van der Waals surface area contributed by atoms with Crippen LogP contribution in [0.5, 0.6) is 0 Å². The van der Waals surface area contributed by atoms with Crippen LogP contribution in [0, 0.1) is 5.82 Å². The van der Waals surface area contributed by atoms with Crippen molar-refractivity contribution in [2.75, 3.05) is 17.2 Å². The third kappa shape index (κ3) is 4.41. The van der Waals surface area contributed by atoms with E-state index in [1.807, 2.05) is 0 Å². The number of benzene rings is 1. The topological polar surface area (TPSA) is 85.2 Å². The van der Waals surface area contributed by atoms with E-state index in [0.29, 0.717) is 10.4 Å². The molecule has 0 unspecified atom stereocenters. The first-order valence-corrected chi connectivity index (χ1v) is 8.29. The molecule has 1 aliphatic rings. The maximum atomic E-state index is 13.2. The predicted molar refractivity (Wildman–Crippen MR) is 90.3 cm³/mol. The number of ether oxygens (including phenoxy) is 1. The normalized spacial score (nSPS) is 18.8. The number of amides is 1. The summed E-state index contributed by atoms with van der Waals surface area (Å²) in [5, 5.41) is 8.90. The van der Waals surface area contributed by atoms with Gasteiger partial charge in [0.25, 0.3) is 5.91 Å². The zero-order valence-corrected chi connectivity index (χ0v) is 14.6. The first-order valence-electron chi connectivity index (χ1n) is 8.29. The number of nitrogens with zero attached hydrogens (tertiary/aromatic N) is 2. The fourth-order valence-electron chi connectivity index (χ4n) is 2.79. The first kappa shape index (κ1) is 19.6. The number of carbonyl (C=O) groups is 2. The van der Waals surface area contributed by atoms with Gasteiger partial charge in [-0.05, 0) is 37.6 Å². The molecule has 0 aliphatic carbocycles. The molecule has 7 nitrogen and oxygen atoms in total. The summed E-state index contributed by atoms with van der Waals surface area (Å²) >= 11 is 0. The van der Waals surface area contributed by atoms with Gasteiger partial charge >= 0.3 is 12.1 Å². The summed E-state index contributed by atoms with van der Waals surface area (Å²) in [7, 11) is 0. The number of hydrogen-bond acceptors (Lipinski definition) is 5. The van der Waals surface area contributed by atoms with Crippen molar-refractivity contribution in [3.63, 3.8) is 0 Å². The molecule has 1 aromatic carbocycles. The number of hydrogen-bond donors (Lipinski definition) is 2. The van der Waals surface area contributed by atoms with Crippen molar-refractivity contribution in [3.05, 3.63) is 41.8 Å². The van der Waals surface area contributed by atoms with Crippen LogP contribution in [-0.4, -0.2) is 40.5 Å². The molecule has 2 aromatic rings. The monoisotopic (exact) mass is 400 g/mol. The summed E-state index contributed by atoms with van der Waals surface area (Å²) in [4.78, 5) is 23.9. The molecule has 0 radical (unpaired) electrons. The van der Waals surface area contributed by atoms with Crippen LogP contribution in [-0.2, 0) is 9.53 Å². The SMILES string of the molecule is C[C@H]1C[C@@H](C(F)(F)F)n2nc(C(=O)OCC(=O)Nc3ccc(F)cc3)cc2N1. The highest BCUT2D eigenvalue weighted by atomic mass is 19.4. The number of halogens is 4. The number of alkyl halides is 3. The molecular formula is C17H16F4N4O3. The van der Waals surface area contributed by atoms with E-state index in [1.54, 1.807) is 6.92 Å². The third-order valence-electron chi connectivity index (χ3n) is 4.05. The van der Waals surface area contributed by atoms with E-state index in [4.69, 9.17) is 4.74 Å². The van der Waals surface area contributed by atoms with Crippen molar-refractivity contribution in [2.24, 2.45) is 0 Å². The van der Waals surface area contributed by atoms with E-state index < -0.39 is 42.6 Å². The van der Waals surface area contributed by atoms with Gasteiger partial charge < -0.3 is 15.4 Å². The molecule has 2 atom stereocenters. The number of anilines is 2. The molecule has 2 N–H and O–H groups in total. The van der Waals surface area contributed by atoms with Crippen LogP contribution < -0.4 is 10.6 Å². The fourth-order valence-corrected chi connectivity index (χ4v) is 2.79. The van der Waals surface area contributed by atoms with Crippen molar-refractivity contribution in [1.29, 1.82) is 0 Å². The van der Waals surface area contributed by atoms with Crippen LogP contribution in [0.4, 0.5) is 29.1 Å². The lowest BCUT2D eigenvalue weighted by Crippen LogP contribution is -2.37. The van der Waals surface area contributed by atoms with Gasteiger partial charge in [0.2, 0.25) is 0 Å².